The standard InChI is InChI=1S/C25H26F2N5O3/c1-14-13-15(24(33)34)7-8-16(14)21-17-9-11-32(35)23(20-18(26)5-4-6-19(20)27)22(17)30-25(29-21)28-10-12-31(2)3/h4-8,13,23H,9-12H2,1-3H3,(H,33,34)(H,28,29,30)/q-1. The van der Waals surface area contributed by atoms with E-state index in [2.05, 4.69) is 10.3 Å². The molecule has 1 atom stereocenters. The van der Waals surface area contributed by atoms with Gasteiger partial charge in [0.05, 0.1) is 23.0 Å². The summed E-state index contributed by atoms with van der Waals surface area (Å²) < 4.78 is 29.6. The second-order valence-electron chi connectivity index (χ2n) is 8.75. The summed E-state index contributed by atoms with van der Waals surface area (Å²) in [6.07, 6.45) is 0.277. The molecule has 2 heterocycles. The maximum absolute atomic E-state index is 14.8. The number of aromatic nitrogens is 2. The summed E-state index contributed by atoms with van der Waals surface area (Å²) >= 11 is 0. The van der Waals surface area contributed by atoms with Gasteiger partial charge in [0.15, 0.2) is 0 Å². The molecule has 1 aromatic heterocycles. The van der Waals surface area contributed by atoms with Crippen molar-refractivity contribution >= 4 is 11.9 Å². The zero-order valence-corrected chi connectivity index (χ0v) is 19.7. The number of hydrogen-bond donors (Lipinski definition) is 2. The second kappa shape index (κ2) is 10.0. The molecule has 1 aliphatic heterocycles. The third-order valence-corrected chi connectivity index (χ3v) is 6.01. The summed E-state index contributed by atoms with van der Waals surface area (Å²) in [5.41, 5.74) is 2.45. The van der Waals surface area contributed by atoms with Crippen molar-refractivity contribution in [2.75, 3.05) is 39.0 Å². The Morgan fingerprint density at radius 1 is 1.23 bits per heavy atom. The molecule has 0 aliphatic carbocycles. The van der Waals surface area contributed by atoms with Gasteiger partial charge >= 0.3 is 5.97 Å². The van der Waals surface area contributed by atoms with Gasteiger partial charge in [-0.1, -0.05) is 12.1 Å². The van der Waals surface area contributed by atoms with E-state index >= 15 is 0 Å². The number of rotatable bonds is 7. The monoisotopic (exact) mass is 482 g/mol. The lowest BCUT2D eigenvalue weighted by Crippen LogP contribution is -2.34. The Bertz CT molecular complexity index is 1250. The highest BCUT2D eigenvalue weighted by atomic mass is 19.1. The third-order valence-electron chi connectivity index (χ3n) is 6.01. The quantitative estimate of drug-likeness (QED) is 0.523. The van der Waals surface area contributed by atoms with Gasteiger partial charge in [0.25, 0.3) is 0 Å². The molecule has 0 spiro atoms. The van der Waals surface area contributed by atoms with Crippen LogP contribution in [-0.2, 0) is 6.42 Å². The molecule has 1 aliphatic rings. The van der Waals surface area contributed by atoms with Gasteiger partial charge in [-0.15, -0.1) is 0 Å². The number of halogens is 2. The van der Waals surface area contributed by atoms with E-state index in [-0.39, 0.29) is 35.7 Å². The van der Waals surface area contributed by atoms with Gasteiger partial charge < -0.3 is 25.6 Å². The van der Waals surface area contributed by atoms with Crippen LogP contribution in [0.3, 0.4) is 0 Å². The second-order valence-corrected chi connectivity index (χ2v) is 8.75. The lowest BCUT2D eigenvalue weighted by Gasteiger charge is -2.42. The van der Waals surface area contributed by atoms with Crippen LogP contribution < -0.4 is 5.32 Å². The average Bonchev–Trinajstić information content (AvgIpc) is 2.79. The molecule has 3 aromatic rings. The topological polar surface area (TPSA) is 105 Å². The molecule has 2 N–H and O–H groups in total. The maximum Gasteiger partial charge on any atom is 0.335 e. The fraction of sp³-hybridized carbons (Fsp3) is 0.320. The van der Waals surface area contributed by atoms with Crippen LogP contribution >= 0.6 is 0 Å². The van der Waals surface area contributed by atoms with E-state index < -0.39 is 23.6 Å². The minimum absolute atomic E-state index is 0.00145. The van der Waals surface area contributed by atoms with E-state index in [9.17, 15) is 23.9 Å². The highest BCUT2D eigenvalue weighted by molar-refractivity contribution is 5.89. The van der Waals surface area contributed by atoms with Gasteiger partial charge in [-0.25, -0.2) is 23.5 Å². The van der Waals surface area contributed by atoms with Crippen LogP contribution in [-0.4, -0.2) is 64.7 Å². The number of nitrogens with one attached hydrogen (secondary N) is 1. The molecule has 10 heteroatoms. The Morgan fingerprint density at radius 2 is 1.94 bits per heavy atom. The SMILES string of the molecule is Cc1cc(C(=O)O)ccc1-c1nc(NCCN(C)C)nc2c1CCN([O-])C2c1c(F)cccc1F. The average molecular weight is 483 g/mol. The van der Waals surface area contributed by atoms with Crippen molar-refractivity contribution in [1.29, 1.82) is 0 Å². The number of hydroxylamine groups is 2. The van der Waals surface area contributed by atoms with E-state index in [1.54, 1.807) is 19.1 Å². The normalized spacial score (nSPS) is 15.8. The number of benzene rings is 2. The molecule has 0 fully saturated rings. The zero-order chi connectivity index (χ0) is 25.3. The van der Waals surface area contributed by atoms with Crippen molar-refractivity contribution in [3.63, 3.8) is 0 Å². The molecule has 0 amide bonds. The van der Waals surface area contributed by atoms with Crippen LogP contribution in [0.1, 0.15) is 38.8 Å². The van der Waals surface area contributed by atoms with Crippen molar-refractivity contribution in [2.24, 2.45) is 0 Å². The molecule has 0 saturated carbocycles. The molecule has 8 nitrogen and oxygen atoms in total. The summed E-state index contributed by atoms with van der Waals surface area (Å²) in [6, 6.07) is 6.89. The number of aryl methyl sites for hydroxylation is 1. The molecule has 184 valence electrons. The summed E-state index contributed by atoms with van der Waals surface area (Å²) in [7, 11) is 3.83. The number of carbonyl (C=O) groups is 1. The Labute approximate surface area is 201 Å². The largest absolute Gasteiger partial charge is 0.784 e. The number of aromatic carboxylic acids is 1. The number of anilines is 1. The number of likely N-dealkylation sites (N-methyl/N-ethyl adjacent to an activating group) is 1. The summed E-state index contributed by atoms with van der Waals surface area (Å²) in [5.74, 6) is -2.48. The Balaban J connectivity index is 1.91. The van der Waals surface area contributed by atoms with E-state index in [1.807, 2.05) is 19.0 Å². The number of nitrogens with zero attached hydrogens (tertiary/aromatic N) is 4. The van der Waals surface area contributed by atoms with Crippen molar-refractivity contribution < 1.29 is 18.7 Å². The predicted octanol–water partition coefficient (Wildman–Crippen LogP) is 3.85. The Kier molecular flexibility index (Phi) is 7.06. The molecule has 4 rings (SSSR count). The molecule has 1 unspecified atom stereocenters. The van der Waals surface area contributed by atoms with Crippen LogP contribution in [0.5, 0.6) is 0 Å². The summed E-state index contributed by atoms with van der Waals surface area (Å²) in [6.45, 7) is 2.96. The fourth-order valence-corrected chi connectivity index (χ4v) is 4.27. The van der Waals surface area contributed by atoms with E-state index in [0.717, 1.165) is 12.1 Å². The first kappa shape index (κ1) is 24.6. The lowest BCUT2D eigenvalue weighted by atomic mass is 9.89. The first-order valence-electron chi connectivity index (χ1n) is 11.2. The van der Waals surface area contributed by atoms with E-state index in [4.69, 9.17) is 4.98 Å². The summed E-state index contributed by atoms with van der Waals surface area (Å²) in [4.78, 5) is 22.6. The highest BCUT2D eigenvalue weighted by Gasteiger charge is 2.33. The number of hydrogen-bond acceptors (Lipinski definition) is 7. The van der Waals surface area contributed by atoms with Crippen LogP contribution in [0.4, 0.5) is 14.7 Å². The molecule has 35 heavy (non-hydrogen) atoms. The first-order valence-corrected chi connectivity index (χ1v) is 11.2. The van der Waals surface area contributed by atoms with Gasteiger partial charge in [0, 0.05) is 29.8 Å². The number of carboxylic acids is 1. The molecule has 2 aromatic carbocycles. The van der Waals surface area contributed by atoms with Crippen LogP contribution in [0.25, 0.3) is 11.3 Å². The van der Waals surface area contributed by atoms with Crippen molar-refractivity contribution in [3.8, 4) is 11.3 Å². The van der Waals surface area contributed by atoms with Crippen LogP contribution in [0.2, 0.25) is 0 Å². The Morgan fingerprint density at radius 3 is 2.57 bits per heavy atom. The van der Waals surface area contributed by atoms with Gasteiger partial charge in [-0.2, -0.15) is 0 Å². The van der Waals surface area contributed by atoms with Crippen molar-refractivity contribution in [2.45, 2.75) is 19.4 Å². The molecule has 0 saturated heterocycles. The molecule has 0 radical (unpaired) electrons. The van der Waals surface area contributed by atoms with Gasteiger partial charge in [-0.05, 0) is 63.8 Å². The molecule has 0 bridgehead atoms. The van der Waals surface area contributed by atoms with Crippen molar-refractivity contribution in [1.82, 2.24) is 19.9 Å². The van der Waals surface area contributed by atoms with Gasteiger partial charge in [-0.3, -0.25) is 0 Å². The Hall–Kier alpha value is -3.47. The first-order chi connectivity index (χ1) is 16.7. The minimum atomic E-state index is -1.28. The molecular weight excluding hydrogens is 456 g/mol. The lowest BCUT2D eigenvalue weighted by molar-refractivity contribution is 0.0697. The number of fused-ring (bicyclic) bond motifs is 1. The maximum atomic E-state index is 14.8. The zero-order valence-electron chi connectivity index (χ0n) is 19.7. The van der Waals surface area contributed by atoms with Crippen molar-refractivity contribution in [3.05, 3.63) is 81.2 Å². The van der Waals surface area contributed by atoms with Crippen LogP contribution in [0.15, 0.2) is 36.4 Å². The van der Waals surface area contributed by atoms with Crippen LogP contribution in [0, 0.1) is 23.8 Å². The number of carboxylic acid groups (broad SMARTS) is 1. The van der Waals surface area contributed by atoms with E-state index in [1.165, 1.54) is 12.1 Å². The minimum Gasteiger partial charge on any atom is -0.784 e. The smallest absolute Gasteiger partial charge is 0.335 e. The fourth-order valence-electron chi connectivity index (χ4n) is 4.27. The van der Waals surface area contributed by atoms with Gasteiger partial charge in [0.2, 0.25) is 5.95 Å². The predicted molar refractivity (Wildman–Crippen MR) is 128 cm³/mol. The third kappa shape index (κ3) is 5.00. The summed E-state index contributed by atoms with van der Waals surface area (Å²) in [5, 5.41) is 26.1. The highest BCUT2D eigenvalue weighted by Crippen LogP contribution is 2.40. The van der Waals surface area contributed by atoms with E-state index in [0.29, 0.717) is 40.5 Å². The molecular formula is C25H26F2N5O3-. The van der Waals surface area contributed by atoms with Gasteiger partial charge in [0.1, 0.15) is 11.6 Å².